The van der Waals surface area contributed by atoms with Gasteiger partial charge in [-0.3, -0.25) is 0 Å². The van der Waals surface area contributed by atoms with E-state index in [0.717, 1.165) is 19.6 Å². The van der Waals surface area contributed by atoms with Crippen molar-refractivity contribution in [3.8, 4) is 0 Å². The highest BCUT2D eigenvalue weighted by Crippen LogP contribution is 2.29. The molecule has 1 aromatic rings. The third-order valence-electron chi connectivity index (χ3n) is 2.68. The van der Waals surface area contributed by atoms with Gasteiger partial charge in [0, 0.05) is 19.6 Å². The highest BCUT2D eigenvalue weighted by molar-refractivity contribution is 5.72. The van der Waals surface area contributed by atoms with Crippen LogP contribution in [0.15, 0.2) is 18.2 Å². The number of nitrogens with one attached hydrogen (secondary N) is 1. The topological polar surface area (TPSA) is 15.3 Å². The number of rotatable bonds is 2. The van der Waals surface area contributed by atoms with Crippen molar-refractivity contribution in [2.45, 2.75) is 20.3 Å². The molecule has 0 spiro atoms. The Morgan fingerprint density at radius 1 is 1.43 bits per heavy atom. The minimum absolute atomic E-state index is 1.07. The number of aryl methyl sites for hydroxylation is 1. The predicted octanol–water partition coefficient (Wildman–Crippen LogP) is 2.64. The first-order valence-corrected chi connectivity index (χ1v) is 5.40. The lowest BCUT2D eigenvalue weighted by molar-refractivity contribution is 0.759. The first kappa shape index (κ1) is 9.38. The molecular weight excluding hydrogens is 172 g/mol. The molecule has 0 unspecified atom stereocenters. The number of hydrogen-bond acceptors (Lipinski definition) is 2. The molecular formula is C12H18N2. The minimum Gasteiger partial charge on any atom is -0.382 e. The van der Waals surface area contributed by atoms with Gasteiger partial charge in [-0.15, -0.1) is 0 Å². The molecule has 0 radical (unpaired) electrons. The van der Waals surface area contributed by atoms with Gasteiger partial charge in [-0.25, -0.2) is 0 Å². The Labute approximate surface area is 85.9 Å². The van der Waals surface area contributed by atoms with Crippen LogP contribution in [0.3, 0.4) is 0 Å². The second-order valence-electron chi connectivity index (χ2n) is 3.93. The molecule has 1 aliphatic heterocycles. The van der Waals surface area contributed by atoms with E-state index in [1.54, 1.807) is 0 Å². The van der Waals surface area contributed by atoms with E-state index in [2.05, 4.69) is 42.3 Å². The maximum atomic E-state index is 3.45. The van der Waals surface area contributed by atoms with Gasteiger partial charge in [0.2, 0.25) is 0 Å². The Balaban J connectivity index is 2.30. The van der Waals surface area contributed by atoms with Crippen LogP contribution in [0.1, 0.15) is 18.9 Å². The molecule has 1 heterocycles. The van der Waals surface area contributed by atoms with Crippen molar-refractivity contribution < 1.29 is 0 Å². The molecule has 1 aromatic carbocycles. The van der Waals surface area contributed by atoms with Gasteiger partial charge in [0.25, 0.3) is 0 Å². The molecule has 0 bridgehead atoms. The average Bonchev–Trinajstić information content (AvgIpc) is 2.18. The summed E-state index contributed by atoms with van der Waals surface area (Å²) in [7, 11) is 0. The lowest BCUT2D eigenvalue weighted by Gasteiger charge is -2.32. The fraction of sp³-hybridized carbons (Fsp3) is 0.500. The van der Waals surface area contributed by atoms with Crippen molar-refractivity contribution >= 4 is 11.4 Å². The molecule has 1 N–H and O–H groups in total. The van der Waals surface area contributed by atoms with Gasteiger partial charge in [-0.1, -0.05) is 13.0 Å². The van der Waals surface area contributed by atoms with Gasteiger partial charge >= 0.3 is 0 Å². The molecule has 0 amide bonds. The van der Waals surface area contributed by atoms with E-state index in [4.69, 9.17) is 0 Å². The van der Waals surface area contributed by atoms with Crippen molar-refractivity contribution in [2.24, 2.45) is 0 Å². The van der Waals surface area contributed by atoms with Crippen molar-refractivity contribution in [3.05, 3.63) is 23.8 Å². The molecule has 2 heteroatoms. The first-order valence-electron chi connectivity index (χ1n) is 5.40. The molecule has 76 valence electrons. The molecule has 1 aliphatic rings. The van der Waals surface area contributed by atoms with Crippen LogP contribution in [-0.2, 0) is 0 Å². The van der Waals surface area contributed by atoms with Crippen LogP contribution in [0, 0.1) is 6.92 Å². The summed E-state index contributed by atoms with van der Waals surface area (Å²) in [6, 6.07) is 6.65. The maximum Gasteiger partial charge on any atom is 0.0602 e. The van der Waals surface area contributed by atoms with Crippen LogP contribution in [0.4, 0.5) is 11.4 Å². The Hall–Kier alpha value is -1.18. The largest absolute Gasteiger partial charge is 0.382 e. The van der Waals surface area contributed by atoms with Gasteiger partial charge in [0.15, 0.2) is 0 Å². The standard InChI is InChI=1S/C12H18N2/c1-3-7-14-8-6-13-11-9-10(2)4-5-12(11)14/h4-5,9,13H,3,6-8H2,1-2H3. The highest BCUT2D eigenvalue weighted by atomic mass is 15.2. The van der Waals surface area contributed by atoms with Gasteiger partial charge in [-0.05, 0) is 31.0 Å². The number of anilines is 2. The van der Waals surface area contributed by atoms with E-state index in [1.165, 1.54) is 23.4 Å². The van der Waals surface area contributed by atoms with Crippen LogP contribution in [0.2, 0.25) is 0 Å². The van der Waals surface area contributed by atoms with Gasteiger partial charge in [-0.2, -0.15) is 0 Å². The number of benzene rings is 1. The van der Waals surface area contributed by atoms with Crippen molar-refractivity contribution in [1.82, 2.24) is 0 Å². The molecule has 0 saturated carbocycles. The summed E-state index contributed by atoms with van der Waals surface area (Å²) in [4.78, 5) is 2.46. The third kappa shape index (κ3) is 1.69. The number of hydrogen-bond donors (Lipinski definition) is 1. The maximum absolute atomic E-state index is 3.45. The monoisotopic (exact) mass is 190 g/mol. The van der Waals surface area contributed by atoms with Gasteiger partial charge in [0.1, 0.15) is 0 Å². The minimum atomic E-state index is 1.07. The SMILES string of the molecule is CCCN1CCNc2cc(C)ccc21. The Morgan fingerprint density at radius 3 is 3.07 bits per heavy atom. The van der Waals surface area contributed by atoms with E-state index >= 15 is 0 Å². The molecule has 14 heavy (non-hydrogen) atoms. The summed E-state index contributed by atoms with van der Waals surface area (Å²) in [5.41, 5.74) is 3.99. The molecule has 0 aliphatic carbocycles. The van der Waals surface area contributed by atoms with Gasteiger partial charge in [0.05, 0.1) is 11.4 Å². The predicted molar refractivity (Wildman–Crippen MR) is 62.2 cm³/mol. The summed E-state index contributed by atoms with van der Waals surface area (Å²) in [6.45, 7) is 7.73. The van der Waals surface area contributed by atoms with Crippen LogP contribution < -0.4 is 10.2 Å². The Bertz CT molecular complexity index is 320. The molecule has 2 nitrogen and oxygen atoms in total. The summed E-state index contributed by atoms with van der Waals surface area (Å²) >= 11 is 0. The van der Waals surface area contributed by atoms with Crippen LogP contribution >= 0.6 is 0 Å². The Kier molecular flexibility index (Phi) is 2.62. The fourth-order valence-electron chi connectivity index (χ4n) is 2.02. The van der Waals surface area contributed by atoms with Crippen molar-refractivity contribution in [1.29, 1.82) is 0 Å². The normalized spacial score (nSPS) is 14.9. The molecule has 2 rings (SSSR count). The average molecular weight is 190 g/mol. The zero-order chi connectivity index (χ0) is 9.97. The van der Waals surface area contributed by atoms with E-state index in [9.17, 15) is 0 Å². The zero-order valence-electron chi connectivity index (χ0n) is 9.01. The van der Waals surface area contributed by atoms with Crippen molar-refractivity contribution in [3.63, 3.8) is 0 Å². The second kappa shape index (κ2) is 3.91. The first-order chi connectivity index (χ1) is 6.81. The van der Waals surface area contributed by atoms with E-state index in [-0.39, 0.29) is 0 Å². The lowest BCUT2D eigenvalue weighted by atomic mass is 10.1. The van der Waals surface area contributed by atoms with Crippen LogP contribution in [0.5, 0.6) is 0 Å². The lowest BCUT2D eigenvalue weighted by Crippen LogP contribution is -2.34. The van der Waals surface area contributed by atoms with E-state index in [1.807, 2.05) is 0 Å². The summed E-state index contributed by atoms with van der Waals surface area (Å²) in [5.74, 6) is 0. The number of nitrogens with zero attached hydrogens (tertiary/aromatic N) is 1. The smallest absolute Gasteiger partial charge is 0.0602 e. The summed E-state index contributed by atoms with van der Waals surface area (Å²) < 4.78 is 0. The fourth-order valence-corrected chi connectivity index (χ4v) is 2.02. The summed E-state index contributed by atoms with van der Waals surface area (Å²) in [6.07, 6.45) is 1.22. The van der Waals surface area contributed by atoms with Crippen molar-refractivity contribution in [2.75, 3.05) is 29.9 Å². The Morgan fingerprint density at radius 2 is 2.29 bits per heavy atom. The molecule has 0 atom stereocenters. The third-order valence-corrected chi connectivity index (χ3v) is 2.68. The zero-order valence-corrected chi connectivity index (χ0v) is 9.01. The molecule has 0 aromatic heterocycles. The summed E-state index contributed by atoms with van der Waals surface area (Å²) in [5, 5.41) is 3.45. The van der Waals surface area contributed by atoms with E-state index in [0.29, 0.717) is 0 Å². The molecule has 0 saturated heterocycles. The van der Waals surface area contributed by atoms with Gasteiger partial charge < -0.3 is 10.2 Å². The second-order valence-corrected chi connectivity index (χ2v) is 3.93. The highest BCUT2D eigenvalue weighted by Gasteiger charge is 2.14. The number of fused-ring (bicyclic) bond motifs is 1. The van der Waals surface area contributed by atoms with Crippen LogP contribution in [0.25, 0.3) is 0 Å². The molecule has 0 fully saturated rings. The van der Waals surface area contributed by atoms with E-state index < -0.39 is 0 Å². The quantitative estimate of drug-likeness (QED) is 0.771. The van der Waals surface area contributed by atoms with Crippen LogP contribution in [-0.4, -0.2) is 19.6 Å².